The highest BCUT2D eigenvalue weighted by Crippen LogP contribution is 2.36. The Labute approximate surface area is 193 Å². The Morgan fingerprint density at radius 2 is 1.78 bits per heavy atom. The minimum absolute atomic E-state index is 0.0209. The lowest BCUT2D eigenvalue weighted by molar-refractivity contribution is -0.135. The molecule has 0 saturated heterocycles. The molecule has 1 amide bonds. The molecule has 0 saturated carbocycles. The summed E-state index contributed by atoms with van der Waals surface area (Å²) < 4.78 is 18.6. The van der Waals surface area contributed by atoms with Gasteiger partial charge < -0.3 is 19.1 Å². The topological polar surface area (TPSA) is 65.8 Å². The highest BCUT2D eigenvalue weighted by molar-refractivity contribution is 6.30. The van der Waals surface area contributed by atoms with Crippen molar-refractivity contribution in [2.24, 2.45) is 0 Å². The average Bonchev–Trinajstić information content (AvgIpc) is 3.09. The lowest BCUT2D eigenvalue weighted by atomic mass is 10.2. The van der Waals surface area contributed by atoms with Gasteiger partial charge in [0.1, 0.15) is 6.61 Å². The molecule has 0 bridgehead atoms. The lowest BCUT2D eigenvalue weighted by Crippen LogP contribution is -2.34. The van der Waals surface area contributed by atoms with Gasteiger partial charge in [-0.05, 0) is 49.7 Å². The second-order valence-corrected chi connectivity index (χ2v) is 7.69. The van der Waals surface area contributed by atoms with Crippen molar-refractivity contribution in [3.63, 3.8) is 0 Å². The SMILES string of the molecule is CCCN(Cc1c(C)nn(-c2ccc(Cl)cc2)c1Oc1ccccc1OC)C(=O)COC. The number of rotatable bonds is 10. The Morgan fingerprint density at radius 3 is 2.41 bits per heavy atom. The number of benzene rings is 2. The molecule has 7 nitrogen and oxygen atoms in total. The van der Waals surface area contributed by atoms with E-state index >= 15 is 0 Å². The second kappa shape index (κ2) is 11.0. The van der Waals surface area contributed by atoms with Crippen LogP contribution in [0.15, 0.2) is 48.5 Å². The first-order chi connectivity index (χ1) is 15.5. The van der Waals surface area contributed by atoms with Gasteiger partial charge in [0.2, 0.25) is 11.8 Å². The molecule has 0 aliphatic rings. The number of methoxy groups -OCH3 is 2. The summed E-state index contributed by atoms with van der Waals surface area (Å²) >= 11 is 6.08. The average molecular weight is 458 g/mol. The van der Waals surface area contributed by atoms with Crippen molar-refractivity contribution in [2.75, 3.05) is 27.4 Å². The van der Waals surface area contributed by atoms with E-state index in [4.69, 9.17) is 30.9 Å². The molecule has 170 valence electrons. The fourth-order valence-electron chi connectivity index (χ4n) is 3.36. The first-order valence-electron chi connectivity index (χ1n) is 10.4. The van der Waals surface area contributed by atoms with Gasteiger partial charge in [0, 0.05) is 18.7 Å². The van der Waals surface area contributed by atoms with Crippen LogP contribution in [0.25, 0.3) is 5.69 Å². The molecule has 1 heterocycles. The number of aryl methyl sites for hydroxylation is 1. The zero-order valence-corrected chi connectivity index (χ0v) is 19.6. The fourth-order valence-corrected chi connectivity index (χ4v) is 3.48. The summed E-state index contributed by atoms with van der Waals surface area (Å²) in [6.07, 6.45) is 0.822. The maximum absolute atomic E-state index is 12.6. The molecule has 0 fully saturated rings. The molecule has 0 aliphatic heterocycles. The summed E-state index contributed by atoms with van der Waals surface area (Å²) in [4.78, 5) is 14.4. The number of carbonyl (C=O) groups is 1. The molecule has 1 aromatic heterocycles. The number of hydrogen-bond acceptors (Lipinski definition) is 5. The first-order valence-corrected chi connectivity index (χ1v) is 10.8. The third-order valence-corrected chi connectivity index (χ3v) is 5.20. The van der Waals surface area contributed by atoms with Crippen LogP contribution in [0.1, 0.15) is 24.6 Å². The monoisotopic (exact) mass is 457 g/mol. The normalized spacial score (nSPS) is 10.8. The van der Waals surface area contributed by atoms with E-state index in [2.05, 4.69) is 0 Å². The molecule has 8 heteroatoms. The third kappa shape index (κ3) is 5.41. The van der Waals surface area contributed by atoms with Crippen LogP contribution >= 0.6 is 11.6 Å². The summed E-state index contributed by atoms with van der Waals surface area (Å²) in [5.41, 5.74) is 2.36. The smallest absolute Gasteiger partial charge is 0.248 e. The zero-order chi connectivity index (χ0) is 23.1. The van der Waals surface area contributed by atoms with Crippen LogP contribution in [0.4, 0.5) is 0 Å². The van der Waals surface area contributed by atoms with Gasteiger partial charge in [-0.25, -0.2) is 4.68 Å². The van der Waals surface area contributed by atoms with Crippen LogP contribution in [-0.2, 0) is 16.1 Å². The van der Waals surface area contributed by atoms with Gasteiger partial charge in [-0.3, -0.25) is 4.79 Å². The van der Waals surface area contributed by atoms with E-state index < -0.39 is 0 Å². The molecule has 0 atom stereocenters. The van der Waals surface area contributed by atoms with E-state index in [1.54, 1.807) is 28.8 Å². The summed E-state index contributed by atoms with van der Waals surface area (Å²) in [6.45, 7) is 4.90. The van der Waals surface area contributed by atoms with E-state index in [9.17, 15) is 4.79 Å². The number of nitrogens with zero attached hydrogens (tertiary/aromatic N) is 3. The molecule has 0 spiro atoms. The van der Waals surface area contributed by atoms with Gasteiger partial charge >= 0.3 is 0 Å². The van der Waals surface area contributed by atoms with Gasteiger partial charge in [-0.2, -0.15) is 5.10 Å². The lowest BCUT2D eigenvalue weighted by Gasteiger charge is -2.22. The van der Waals surface area contributed by atoms with E-state index in [0.717, 1.165) is 23.4 Å². The fraction of sp³-hybridized carbons (Fsp3) is 0.333. The third-order valence-electron chi connectivity index (χ3n) is 4.95. The molecule has 0 unspecified atom stereocenters. The van der Waals surface area contributed by atoms with Gasteiger partial charge in [0.25, 0.3) is 0 Å². The summed E-state index contributed by atoms with van der Waals surface area (Å²) in [5.74, 6) is 1.58. The van der Waals surface area contributed by atoms with E-state index in [1.165, 1.54) is 7.11 Å². The number of para-hydroxylation sites is 2. The number of hydrogen-bond donors (Lipinski definition) is 0. The van der Waals surface area contributed by atoms with E-state index in [1.807, 2.05) is 50.2 Å². The molecule has 32 heavy (non-hydrogen) atoms. The number of aromatic nitrogens is 2. The largest absolute Gasteiger partial charge is 0.493 e. The molecular weight excluding hydrogens is 430 g/mol. The molecule has 3 aromatic rings. The standard InChI is InChI=1S/C24H28ClN3O4/c1-5-14-27(23(29)16-30-3)15-20-17(2)26-28(19-12-10-18(25)11-13-19)24(20)32-22-9-7-6-8-21(22)31-4/h6-13H,5,14-16H2,1-4H3. The number of amides is 1. The number of halogens is 1. The van der Waals surface area contributed by atoms with Crippen LogP contribution < -0.4 is 9.47 Å². The predicted octanol–water partition coefficient (Wildman–Crippen LogP) is 5.02. The van der Waals surface area contributed by atoms with E-state index in [0.29, 0.717) is 35.5 Å². The van der Waals surface area contributed by atoms with Gasteiger partial charge in [0.15, 0.2) is 11.5 Å². The van der Waals surface area contributed by atoms with Crippen molar-refractivity contribution >= 4 is 17.5 Å². The second-order valence-electron chi connectivity index (χ2n) is 7.26. The summed E-state index contributed by atoms with van der Waals surface area (Å²) in [5, 5.41) is 5.35. The van der Waals surface area contributed by atoms with Crippen molar-refractivity contribution in [2.45, 2.75) is 26.8 Å². The Balaban J connectivity index is 2.09. The molecule has 0 radical (unpaired) electrons. The van der Waals surface area contributed by atoms with Crippen molar-refractivity contribution in [3.8, 4) is 23.1 Å². The summed E-state index contributed by atoms with van der Waals surface area (Å²) in [6, 6.07) is 14.7. The van der Waals surface area contributed by atoms with E-state index in [-0.39, 0.29) is 12.5 Å². The van der Waals surface area contributed by atoms with Gasteiger partial charge in [0.05, 0.1) is 30.6 Å². The Bertz CT molecular complexity index is 1050. The minimum atomic E-state index is -0.0868. The Morgan fingerprint density at radius 1 is 1.09 bits per heavy atom. The zero-order valence-electron chi connectivity index (χ0n) is 18.8. The van der Waals surface area contributed by atoms with Crippen molar-refractivity contribution < 1.29 is 19.0 Å². The summed E-state index contributed by atoms with van der Waals surface area (Å²) in [7, 11) is 3.11. The van der Waals surface area contributed by atoms with Crippen LogP contribution in [0.2, 0.25) is 5.02 Å². The maximum atomic E-state index is 12.6. The van der Waals surface area contributed by atoms with Crippen LogP contribution in [0.5, 0.6) is 17.4 Å². The van der Waals surface area contributed by atoms with Crippen LogP contribution in [0.3, 0.4) is 0 Å². The number of carbonyl (C=O) groups excluding carboxylic acids is 1. The highest BCUT2D eigenvalue weighted by atomic mass is 35.5. The Hall–Kier alpha value is -3.03. The quantitative estimate of drug-likeness (QED) is 0.427. The Kier molecular flexibility index (Phi) is 8.14. The first kappa shape index (κ1) is 23.6. The molecule has 2 aromatic carbocycles. The minimum Gasteiger partial charge on any atom is -0.493 e. The maximum Gasteiger partial charge on any atom is 0.248 e. The molecule has 3 rings (SSSR count). The number of ether oxygens (including phenoxy) is 3. The highest BCUT2D eigenvalue weighted by Gasteiger charge is 2.24. The molecule has 0 N–H and O–H groups in total. The molecular formula is C24H28ClN3O4. The predicted molar refractivity (Wildman–Crippen MR) is 124 cm³/mol. The van der Waals surface area contributed by atoms with Crippen molar-refractivity contribution in [3.05, 3.63) is 64.8 Å². The molecule has 0 aliphatic carbocycles. The van der Waals surface area contributed by atoms with Gasteiger partial charge in [-0.15, -0.1) is 0 Å². The van der Waals surface area contributed by atoms with Crippen LogP contribution in [-0.4, -0.2) is 48.0 Å². The van der Waals surface area contributed by atoms with Gasteiger partial charge in [-0.1, -0.05) is 30.7 Å². The van der Waals surface area contributed by atoms with Crippen LogP contribution in [0, 0.1) is 6.92 Å². The van der Waals surface area contributed by atoms with Crippen molar-refractivity contribution in [1.29, 1.82) is 0 Å². The van der Waals surface area contributed by atoms with Crippen molar-refractivity contribution in [1.82, 2.24) is 14.7 Å².